The second-order valence-electron chi connectivity index (χ2n) is 4.92. The van der Waals surface area contributed by atoms with E-state index in [-0.39, 0.29) is 0 Å². The van der Waals surface area contributed by atoms with Gasteiger partial charge in [-0.25, -0.2) is 4.98 Å². The van der Waals surface area contributed by atoms with Crippen molar-refractivity contribution < 1.29 is 23.9 Å². The fourth-order valence-electron chi connectivity index (χ4n) is 2.54. The van der Waals surface area contributed by atoms with Crippen molar-refractivity contribution >= 4 is 16.9 Å². The maximum Gasteiger partial charge on any atom is 0.395 e. The molecule has 1 saturated heterocycles. The summed E-state index contributed by atoms with van der Waals surface area (Å²) in [5, 5.41) is 0.845. The maximum absolute atomic E-state index is 5.48. The summed E-state index contributed by atoms with van der Waals surface area (Å²) in [4.78, 5) is 10.1. The first kappa shape index (κ1) is 14.6. The van der Waals surface area contributed by atoms with Crippen LogP contribution in [0.2, 0.25) is 0 Å². The normalized spacial score (nSPS) is 15.0. The van der Waals surface area contributed by atoms with E-state index in [9.17, 15) is 0 Å². The van der Waals surface area contributed by atoms with Gasteiger partial charge in [-0.3, -0.25) is 4.90 Å². The molecule has 0 atom stereocenters. The number of methoxy groups -OCH3 is 3. The summed E-state index contributed by atoms with van der Waals surface area (Å²) < 4.78 is 21.6. The molecule has 2 heterocycles. The number of aromatic nitrogens is 2. The van der Waals surface area contributed by atoms with Gasteiger partial charge in [-0.15, -0.1) is 0 Å². The second-order valence-corrected chi connectivity index (χ2v) is 4.92. The summed E-state index contributed by atoms with van der Waals surface area (Å²) in [5.41, 5.74) is 0.787. The van der Waals surface area contributed by atoms with Crippen LogP contribution < -0.4 is 24.1 Å². The molecule has 0 saturated carbocycles. The van der Waals surface area contributed by atoms with Crippen LogP contribution in [0.25, 0.3) is 10.9 Å². The lowest BCUT2D eigenvalue weighted by Gasteiger charge is -2.21. The smallest absolute Gasteiger partial charge is 0.395 e. The topological polar surface area (TPSA) is 67.2 Å². The molecule has 22 heavy (non-hydrogen) atoms. The van der Waals surface area contributed by atoms with E-state index in [1.165, 1.54) is 0 Å². The van der Waals surface area contributed by atoms with Gasteiger partial charge in [0.1, 0.15) is 0 Å². The Morgan fingerprint density at radius 1 is 1.05 bits per heavy atom. The monoisotopic (exact) mass is 306 g/mol. The number of morpholine rings is 1. The number of hydrogen-bond donors (Lipinski definition) is 0. The van der Waals surface area contributed by atoms with Crippen LogP contribution in [0.4, 0.5) is 5.95 Å². The van der Waals surface area contributed by atoms with E-state index in [2.05, 4.69) is 9.88 Å². The molecule has 0 bridgehead atoms. The molecule has 2 aromatic rings. The Hall–Kier alpha value is -2.28. The number of rotatable bonds is 4. The second kappa shape index (κ2) is 6.23. The number of nitrogens with zero attached hydrogens (tertiary/aromatic N) is 2. The molecular weight excluding hydrogens is 286 g/mol. The molecule has 0 radical (unpaired) electrons. The highest BCUT2D eigenvalue weighted by Gasteiger charge is 2.24. The highest BCUT2D eigenvalue weighted by molar-refractivity contribution is 5.86. The number of hydrogen-bond acceptors (Lipinski definition) is 6. The summed E-state index contributed by atoms with van der Waals surface area (Å²) in [6.45, 7) is 2.99. The van der Waals surface area contributed by atoms with Crippen molar-refractivity contribution in [3.63, 3.8) is 0 Å². The fourth-order valence-corrected chi connectivity index (χ4v) is 2.54. The lowest BCUT2D eigenvalue weighted by atomic mass is 10.2. The van der Waals surface area contributed by atoms with E-state index in [1.807, 2.05) is 12.1 Å². The van der Waals surface area contributed by atoms with E-state index >= 15 is 0 Å². The van der Waals surface area contributed by atoms with Crippen LogP contribution in [-0.2, 0) is 4.74 Å². The number of ether oxygens (including phenoxy) is 4. The predicted molar refractivity (Wildman–Crippen MR) is 81.0 cm³/mol. The van der Waals surface area contributed by atoms with E-state index in [4.69, 9.17) is 23.9 Å². The first-order valence-electron chi connectivity index (χ1n) is 7.12. The molecular formula is C15H20N3O4+. The van der Waals surface area contributed by atoms with Gasteiger partial charge < -0.3 is 18.9 Å². The van der Waals surface area contributed by atoms with Gasteiger partial charge in [0.25, 0.3) is 5.88 Å². The van der Waals surface area contributed by atoms with Crippen molar-refractivity contribution in [2.75, 3.05) is 52.5 Å². The molecule has 0 unspecified atom stereocenters. The average Bonchev–Trinajstić information content (AvgIpc) is 2.60. The molecule has 7 nitrogen and oxygen atoms in total. The van der Waals surface area contributed by atoms with E-state index < -0.39 is 0 Å². The third kappa shape index (κ3) is 2.59. The summed E-state index contributed by atoms with van der Waals surface area (Å²) in [6.07, 6.45) is 0. The summed E-state index contributed by atoms with van der Waals surface area (Å²) in [6, 6.07) is 3.72. The third-order valence-electron chi connectivity index (χ3n) is 3.71. The van der Waals surface area contributed by atoms with Gasteiger partial charge in [0, 0.05) is 12.1 Å². The van der Waals surface area contributed by atoms with Gasteiger partial charge in [0.2, 0.25) is 0 Å². The fraction of sp³-hybridized carbons (Fsp3) is 0.467. The zero-order chi connectivity index (χ0) is 15.5. The molecule has 118 valence electrons. The van der Waals surface area contributed by atoms with Crippen LogP contribution in [0.15, 0.2) is 12.1 Å². The van der Waals surface area contributed by atoms with E-state index in [0.29, 0.717) is 30.6 Å². The number of anilines is 1. The Labute approximate surface area is 128 Å². The summed E-state index contributed by atoms with van der Waals surface area (Å²) in [7, 11) is 4.85. The van der Waals surface area contributed by atoms with Gasteiger partial charge in [0.15, 0.2) is 17.0 Å². The van der Waals surface area contributed by atoms with Gasteiger partial charge in [-0.05, 0) is 0 Å². The summed E-state index contributed by atoms with van der Waals surface area (Å²) in [5.74, 6) is 2.69. The number of fused-ring (bicyclic) bond motifs is 1. The van der Waals surface area contributed by atoms with Crippen molar-refractivity contribution in [2.45, 2.75) is 0 Å². The van der Waals surface area contributed by atoms with Gasteiger partial charge in [-0.1, -0.05) is 4.98 Å². The van der Waals surface area contributed by atoms with Crippen LogP contribution in [0.5, 0.6) is 17.4 Å². The molecule has 0 amide bonds. The average molecular weight is 306 g/mol. The third-order valence-corrected chi connectivity index (χ3v) is 3.71. The molecule has 7 heteroatoms. The molecule has 1 aromatic carbocycles. The Morgan fingerprint density at radius 2 is 1.73 bits per heavy atom. The molecule has 1 N–H and O–H groups in total. The van der Waals surface area contributed by atoms with Crippen LogP contribution in [0, 0.1) is 0 Å². The van der Waals surface area contributed by atoms with Crippen LogP contribution >= 0.6 is 0 Å². The molecule has 3 rings (SSSR count). The van der Waals surface area contributed by atoms with Crippen molar-refractivity contribution in [1.82, 2.24) is 4.98 Å². The molecule has 1 aliphatic rings. The van der Waals surface area contributed by atoms with Crippen molar-refractivity contribution in [3.8, 4) is 17.4 Å². The highest BCUT2D eigenvalue weighted by Crippen LogP contribution is 2.34. The molecule has 1 fully saturated rings. The first-order chi connectivity index (χ1) is 10.8. The Kier molecular flexibility index (Phi) is 4.15. The van der Waals surface area contributed by atoms with Crippen molar-refractivity contribution in [1.29, 1.82) is 0 Å². The van der Waals surface area contributed by atoms with Crippen LogP contribution in [0.3, 0.4) is 0 Å². The number of nitrogens with one attached hydrogen (secondary N) is 1. The quantitative estimate of drug-likeness (QED) is 0.836. The zero-order valence-corrected chi connectivity index (χ0v) is 13.0. The molecule has 1 aromatic heterocycles. The van der Waals surface area contributed by atoms with Crippen molar-refractivity contribution in [3.05, 3.63) is 12.1 Å². The largest absolute Gasteiger partial charge is 0.493 e. The SMILES string of the molecule is COc1cc2nc(N3CCOCC3)[nH+]c(OC)c2cc1OC. The summed E-state index contributed by atoms with van der Waals surface area (Å²) >= 11 is 0. The lowest BCUT2D eigenvalue weighted by Crippen LogP contribution is -2.40. The minimum absolute atomic E-state index is 0.641. The number of H-pyrrole nitrogens is 1. The molecule has 0 spiro atoms. The van der Waals surface area contributed by atoms with Crippen molar-refractivity contribution in [2.24, 2.45) is 0 Å². The van der Waals surface area contributed by atoms with Crippen LogP contribution in [-0.4, -0.2) is 52.6 Å². The zero-order valence-electron chi connectivity index (χ0n) is 13.0. The van der Waals surface area contributed by atoms with Gasteiger partial charge in [0.05, 0.1) is 53.0 Å². The number of benzene rings is 1. The first-order valence-corrected chi connectivity index (χ1v) is 7.12. The number of aromatic amines is 1. The standard InChI is InChI=1S/C15H19N3O4/c1-19-12-8-10-11(9-13(12)20-2)16-15(17-14(10)21-3)18-4-6-22-7-5-18/h8-9H,4-7H2,1-3H3/p+1. The Bertz CT molecular complexity index is 671. The Balaban J connectivity index is 2.12. The Morgan fingerprint density at radius 3 is 2.36 bits per heavy atom. The highest BCUT2D eigenvalue weighted by atomic mass is 16.5. The minimum Gasteiger partial charge on any atom is -0.493 e. The minimum atomic E-state index is 0.641. The molecule has 0 aliphatic carbocycles. The maximum atomic E-state index is 5.48. The van der Waals surface area contributed by atoms with E-state index in [0.717, 1.165) is 29.9 Å². The molecule has 1 aliphatic heterocycles. The lowest BCUT2D eigenvalue weighted by molar-refractivity contribution is -0.381. The van der Waals surface area contributed by atoms with Crippen LogP contribution in [0.1, 0.15) is 0 Å². The van der Waals surface area contributed by atoms with Gasteiger partial charge in [-0.2, -0.15) is 0 Å². The van der Waals surface area contributed by atoms with E-state index in [1.54, 1.807) is 21.3 Å². The predicted octanol–water partition coefficient (Wildman–Crippen LogP) is 0.911. The van der Waals surface area contributed by atoms with Gasteiger partial charge >= 0.3 is 5.95 Å².